The quantitative estimate of drug-likeness (QED) is 0.802. The lowest BCUT2D eigenvalue weighted by molar-refractivity contribution is 0.386. The number of aryl methyl sites for hydroxylation is 1. The highest BCUT2D eigenvalue weighted by Gasteiger charge is 2.07. The van der Waals surface area contributed by atoms with E-state index in [-0.39, 0.29) is 5.75 Å². The molecule has 0 aliphatic heterocycles. The van der Waals surface area contributed by atoms with Crippen molar-refractivity contribution in [1.29, 1.82) is 5.26 Å². The van der Waals surface area contributed by atoms with Gasteiger partial charge in [0.1, 0.15) is 11.1 Å². The number of methoxy groups -OCH3 is 1. The number of halogens is 1. The summed E-state index contributed by atoms with van der Waals surface area (Å²) in [5.41, 5.74) is 1.88. The number of ether oxygens (including phenoxy) is 1. The van der Waals surface area contributed by atoms with Crippen LogP contribution in [0, 0.1) is 24.1 Å². The Bertz CT molecular complexity index is 670. The zero-order valence-electron chi connectivity index (χ0n) is 10.5. The van der Waals surface area contributed by atoms with Gasteiger partial charge in [-0.05, 0) is 30.7 Å². The van der Waals surface area contributed by atoms with Crippen LogP contribution in [0.15, 0.2) is 23.6 Å². The Hall–Kier alpha value is -2.19. The Labute approximate surface area is 114 Å². The van der Waals surface area contributed by atoms with Crippen LogP contribution in [0.5, 0.6) is 5.75 Å². The fraction of sp³-hybridized carbons (Fsp3) is 0.143. The van der Waals surface area contributed by atoms with Crippen molar-refractivity contribution in [3.63, 3.8) is 0 Å². The van der Waals surface area contributed by atoms with Gasteiger partial charge in [-0.15, -0.1) is 11.3 Å². The summed E-state index contributed by atoms with van der Waals surface area (Å²) in [7, 11) is 1.41. The predicted octanol–water partition coefficient (Wildman–Crippen LogP) is 3.66. The molecule has 0 aliphatic rings. The maximum Gasteiger partial charge on any atom is 0.165 e. The van der Waals surface area contributed by atoms with Crippen LogP contribution in [0.1, 0.15) is 16.3 Å². The predicted molar refractivity (Wildman–Crippen MR) is 73.3 cm³/mol. The van der Waals surface area contributed by atoms with E-state index in [1.807, 2.05) is 12.3 Å². The van der Waals surface area contributed by atoms with Crippen molar-refractivity contribution in [3.05, 3.63) is 45.7 Å². The van der Waals surface area contributed by atoms with Crippen molar-refractivity contribution in [2.45, 2.75) is 6.92 Å². The number of rotatable bonds is 3. The normalized spacial score (nSPS) is 11.2. The van der Waals surface area contributed by atoms with E-state index < -0.39 is 5.82 Å². The first-order chi connectivity index (χ1) is 9.13. The van der Waals surface area contributed by atoms with E-state index in [1.54, 1.807) is 12.1 Å². The number of benzene rings is 1. The summed E-state index contributed by atoms with van der Waals surface area (Å²) in [4.78, 5) is 4.24. The molecule has 0 saturated carbocycles. The molecular weight excluding hydrogens is 263 g/mol. The second kappa shape index (κ2) is 5.63. The maximum absolute atomic E-state index is 13.6. The minimum atomic E-state index is -0.455. The second-order valence-electron chi connectivity index (χ2n) is 3.86. The molecule has 2 rings (SSSR count). The summed E-state index contributed by atoms with van der Waals surface area (Å²) < 4.78 is 18.4. The molecule has 96 valence electrons. The van der Waals surface area contributed by atoms with Crippen molar-refractivity contribution in [3.8, 4) is 11.8 Å². The molecule has 0 spiro atoms. The highest BCUT2D eigenvalue weighted by Crippen LogP contribution is 2.24. The van der Waals surface area contributed by atoms with Crippen molar-refractivity contribution in [2.75, 3.05) is 7.11 Å². The molecule has 2 aromatic rings. The molecule has 0 radical (unpaired) electrons. The molecule has 3 nitrogen and oxygen atoms in total. The summed E-state index contributed by atoms with van der Waals surface area (Å²) in [5, 5.41) is 11.7. The summed E-state index contributed by atoms with van der Waals surface area (Å²) in [5.74, 6) is -0.274. The highest BCUT2D eigenvalue weighted by atomic mass is 32.1. The summed E-state index contributed by atoms with van der Waals surface area (Å²) >= 11 is 1.39. The Morgan fingerprint density at radius 1 is 1.53 bits per heavy atom. The SMILES string of the molecule is COc1ccc(C=C(C#N)c2nc(C)cs2)cc1F. The summed E-state index contributed by atoms with van der Waals surface area (Å²) in [6.07, 6.45) is 1.61. The monoisotopic (exact) mass is 274 g/mol. The second-order valence-corrected chi connectivity index (χ2v) is 4.72. The molecular formula is C14H11FN2OS. The molecule has 0 aliphatic carbocycles. The molecule has 0 amide bonds. The van der Waals surface area contributed by atoms with Crippen LogP contribution in [-0.2, 0) is 0 Å². The summed E-state index contributed by atoms with van der Waals surface area (Å²) in [6.45, 7) is 1.86. The average molecular weight is 274 g/mol. The molecule has 1 aromatic heterocycles. The first kappa shape index (κ1) is 13.2. The third-order valence-electron chi connectivity index (χ3n) is 2.46. The van der Waals surface area contributed by atoms with E-state index in [2.05, 4.69) is 11.1 Å². The first-order valence-corrected chi connectivity index (χ1v) is 6.40. The largest absolute Gasteiger partial charge is 0.494 e. The van der Waals surface area contributed by atoms with Gasteiger partial charge in [-0.1, -0.05) is 6.07 Å². The van der Waals surface area contributed by atoms with Crippen molar-refractivity contribution >= 4 is 23.0 Å². The van der Waals surface area contributed by atoms with Crippen LogP contribution in [0.25, 0.3) is 11.6 Å². The molecule has 19 heavy (non-hydrogen) atoms. The lowest BCUT2D eigenvalue weighted by atomic mass is 10.1. The minimum absolute atomic E-state index is 0.181. The van der Waals surface area contributed by atoms with E-state index in [9.17, 15) is 4.39 Å². The van der Waals surface area contributed by atoms with Crippen LogP contribution in [0.2, 0.25) is 0 Å². The molecule has 0 bridgehead atoms. The molecule has 5 heteroatoms. The Morgan fingerprint density at radius 2 is 2.32 bits per heavy atom. The maximum atomic E-state index is 13.6. The van der Waals surface area contributed by atoms with Gasteiger partial charge in [-0.2, -0.15) is 5.26 Å². The van der Waals surface area contributed by atoms with E-state index in [0.29, 0.717) is 16.1 Å². The smallest absolute Gasteiger partial charge is 0.165 e. The molecule has 1 aromatic carbocycles. The lowest BCUT2D eigenvalue weighted by Gasteiger charge is -2.02. The van der Waals surface area contributed by atoms with Gasteiger partial charge < -0.3 is 4.74 Å². The highest BCUT2D eigenvalue weighted by molar-refractivity contribution is 7.11. The van der Waals surface area contributed by atoms with Crippen LogP contribution < -0.4 is 4.74 Å². The fourth-order valence-corrected chi connectivity index (χ4v) is 2.32. The van der Waals surface area contributed by atoms with Gasteiger partial charge in [0, 0.05) is 11.1 Å². The van der Waals surface area contributed by atoms with E-state index in [4.69, 9.17) is 10.00 Å². The number of hydrogen-bond donors (Lipinski definition) is 0. The minimum Gasteiger partial charge on any atom is -0.494 e. The van der Waals surface area contributed by atoms with Crippen LogP contribution in [-0.4, -0.2) is 12.1 Å². The molecule has 0 N–H and O–H groups in total. The van der Waals surface area contributed by atoms with Gasteiger partial charge in [-0.3, -0.25) is 0 Å². The van der Waals surface area contributed by atoms with Gasteiger partial charge in [0.15, 0.2) is 11.6 Å². The van der Waals surface area contributed by atoms with Crippen molar-refractivity contribution in [2.24, 2.45) is 0 Å². The van der Waals surface area contributed by atoms with Crippen LogP contribution >= 0.6 is 11.3 Å². The fourth-order valence-electron chi connectivity index (χ4n) is 1.56. The van der Waals surface area contributed by atoms with E-state index in [0.717, 1.165) is 5.69 Å². The lowest BCUT2D eigenvalue weighted by Crippen LogP contribution is -1.88. The van der Waals surface area contributed by atoms with E-state index >= 15 is 0 Å². The number of thiazole rings is 1. The molecule has 0 atom stereocenters. The average Bonchev–Trinajstić information content (AvgIpc) is 2.82. The number of allylic oxidation sites excluding steroid dienone is 1. The van der Waals surface area contributed by atoms with Crippen molar-refractivity contribution < 1.29 is 9.13 Å². The molecule has 0 unspecified atom stereocenters. The first-order valence-electron chi connectivity index (χ1n) is 5.52. The van der Waals surface area contributed by atoms with Gasteiger partial charge in [-0.25, -0.2) is 9.37 Å². The number of aromatic nitrogens is 1. The zero-order chi connectivity index (χ0) is 13.8. The summed E-state index contributed by atoms with van der Waals surface area (Å²) in [6, 6.07) is 6.64. The third kappa shape index (κ3) is 2.98. The number of nitrogens with zero attached hydrogens (tertiary/aromatic N) is 2. The molecule has 0 saturated heterocycles. The van der Waals surface area contributed by atoms with Crippen LogP contribution in [0.4, 0.5) is 4.39 Å². The molecule has 0 fully saturated rings. The Kier molecular flexibility index (Phi) is 3.93. The van der Waals surface area contributed by atoms with Crippen LogP contribution in [0.3, 0.4) is 0 Å². The molecule has 1 heterocycles. The van der Waals surface area contributed by atoms with Gasteiger partial charge in [0.05, 0.1) is 12.7 Å². The van der Waals surface area contributed by atoms with Crippen molar-refractivity contribution in [1.82, 2.24) is 4.98 Å². The Morgan fingerprint density at radius 3 is 2.84 bits per heavy atom. The van der Waals surface area contributed by atoms with Gasteiger partial charge >= 0.3 is 0 Å². The van der Waals surface area contributed by atoms with Gasteiger partial charge in [0.2, 0.25) is 0 Å². The van der Waals surface area contributed by atoms with E-state index in [1.165, 1.54) is 30.6 Å². The third-order valence-corrected chi connectivity index (χ3v) is 3.45. The van der Waals surface area contributed by atoms with Gasteiger partial charge in [0.25, 0.3) is 0 Å². The topological polar surface area (TPSA) is 45.9 Å². The number of nitriles is 1. The standard InChI is InChI=1S/C14H11FN2OS/c1-9-8-19-14(17-9)11(7-16)5-10-3-4-13(18-2)12(15)6-10/h3-6,8H,1-2H3. The Balaban J connectivity index is 2.39. The number of hydrogen-bond acceptors (Lipinski definition) is 4. The zero-order valence-corrected chi connectivity index (χ0v) is 11.3.